The fourth-order valence-corrected chi connectivity index (χ4v) is 3.02. The maximum atomic E-state index is 12.0. The van der Waals surface area contributed by atoms with E-state index < -0.39 is 0 Å². The van der Waals surface area contributed by atoms with Crippen molar-refractivity contribution in [2.45, 2.75) is 46.1 Å². The minimum atomic E-state index is -0.0789. The Kier molecular flexibility index (Phi) is 4.10. The lowest BCUT2D eigenvalue weighted by atomic mass is 9.74. The Balaban J connectivity index is 2.02. The molecule has 0 unspecified atom stereocenters. The van der Waals surface area contributed by atoms with Gasteiger partial charge in [0.25, 0.3) is 5.91 Å². The summed E-state index contributed by atoms with van der Waals surface area (Å²) in [6.07, 6.45) is 5.10. The van der Waals surface area contributed by atoms with Gasteiger partial charge in [-0.05, 0) is 42.7 Å². The second-order valence-corrected chi connectivity index (χ2v) is 5.88. The van der Waals surface area contributed by atoms with Crippen molar-refractivity contribution in [3.63, 3.8) is 0 Å². The SMILES string of the molecule is CC(C)[C@H]1CC[C@@H](C)C[C@H]1NC(=O)c1ccco1. The topological polar surface area (TPSA) is 42.2 Å². The van der Waals surface area contributed by atoms with Crippen molar-refractivity contribution in [3.05, 3.63) is 24.2 Å². The molecule has 1 N–H and O–H groups in total. The first-order valence-electron chi connectivity index (χ1n) is 6.92. The molecule has 0 radical (unpaired) electrons. The quantitative estimate of drug-likeness (QED) is 0.891. The molecule has 3 heteroatoms. The molecule has 18 heavy (non-hydrogen) atoms. The van der Waals surface area contributed by atoms with E-state index in [1.165, 1.54) is 12.8 Å². The van der Waals surface area contributed by atoms with Gasteiger partial charge in [0.05, 0.1) is 6.26 Å². The Morgan fingerprint density at radius 1 is 1.44 bits per heavy atom. The molecule has 1 fully saturated rings. The third-order valence-electron chi connectivity index (χ3n) is 4.08. The number of hydrogen-bond donors (Lipinski definition) is 1. The van der Waals surface area contributed by atoms with Crippen molar-refractivity contribution in [2.75, 3.05) is 0 Å². The molecule has 0 aliphatic heterocycles. The Morgan fingerprint density at radius 3 is 2.83 bits per heavy atom. The molecule has 1 aliphatic rings. The first kappa shape index (κ1) is 13.2. The van der Waals surface area contributed by atoms with Crippen LogP contribution < -0.4 is 5.32 Å². The molecule has 0 saturated heterocycles. The zero-order valence-corrected chi connectivity index (χ0v) is 11.5. The zero-order valence-electron chi connectivity index (χ0n) is 11.5. The van der Waals surface area contributed by atoms with Crippen molar-refractivity contribution in [1.82, 2.24) is 5.32 Å². The molecule has 1 aromatic heterocycles. The van der Waals surface area contributed by atoms with E-state index in [2.05, 4.69) is 26.1 Å². The summed E-state index contributed by atoms with van der Waals surface area (Å²) >= 11 is 0. The van der Waals surface area contributed by atoms with E-state index in [0.29, 0.717) is 23.5 Å². The van der Waals surface area contributed by atoms with Crippen molar-refractivity contribution in [1.29, 1.82) is 0 Å². The summed E-state index contributed by atoms with van der Waals surface area (Å²) in [5.41, 5.74) is 0. The molecule has 1 amide bonds. The average Bonchev–Trinajstić information content (AvgIpc) is 2.81. The van der Waals surface area contributed by atoms with E-state index >= 15 is 0 Å². The van der Waals surface area contributed by atoms with Gasteiger partial charge in [-0.2, -0.15) is 0 Å². The van der Waals surface area contributed by atoms with Crippen LogP contribution >= 0.6 is 0 Å². The molecule has 2 rings (SSSR count). The van der Waals surface area contributed by atoms with Crippen LogP contribution in [0.5, 0.6) is 0 Å². The van der Waals surface area contributed by atoms with E-state index in [0.717, 1.165) is 6.42 Å². The summed E-state index contributed by atoms with van der Waals surface area (Å²) in [5, 5.41) is 3.15. The van der Waals surface area contributed by atoms with Crippen LogP contribution in [0, 0.1) is 17.8 Å². The first-order valence-corrected chi connectivity index (χ1v) is 6.92. The van der Waals surface area contributed by atoms with E-state index in [4.69, 9.17) is 4.42 Å². The number of nitrogens with one attached hydrogen (secondary N) is 1. The highest BCUT2D eigenvalue weighted by molar-refractivity contribution is 5.91. The molecule has 3 atom stereocenters. The van der Waals surface area contributed by atoms with Crippen molar-refractivity contribution in [3.8, 4) is 0 Å². The van der Waals surface area contributed by atoms with E-state index in [1.807, 2.05) is 0 Å². The number of amides is 1. The molecule has 0 bridgehead atoms. The first-order chi connectivity index (χ1) is 8.58. The van der Waals surface area contributed by atoms with Gasteiger partial charge in [-0.25, -0.2) is 0 Å². The number of hydrogen-bond acceptors (Lipinski definition) is 2. The molecular weight excluding hydrogens is 226 g/mol. The maximum absolute atomic E-state index is 12.0. The summed E-state index contributed by atoms with van der Waals surface area (Å²) in [7, 11) is 0. The second-order valence-electron chi connectivity index (χ2n) is 5.88. The Bertz CT molecular complexity index is 383. The molecule has 100 valence electrons. The Labute approximate surface area is 109 Å². The van der Waals surface area contributed by atoms with Crippen LogP contribution in [-0.4, -0.2) is 11.9 Å². The molecule has 1 aliphatic carbocycles. The summed E-state index contributed by atoms with van der Waals surface area (Å²) in [4.78, 5) is 12.0. The van der Waals surface area contributed by atoms with E-state index in [1.54, 1.807) is 18.4 Å². The minimum absolute atomic E-state index is 0.0789. The molecule has 3 nitrogen and oxygen atoms in total. The minimum Gasteiger partial charge on any atom is -0.459 e. The number of rotatable bonds is 3. The molecular formula is C15H23NO2. The van der Waals surface area contributed by atoms with Crippen LogP contribution in [0.2, 0.25) is 0 Å². The molecule has 1 heterocycles. The number of carbonyl (C=O) groups is 1. The molecule has 1 saturated carbocycles. The van der Waals surface area contributed by atoms with Gasteiger partial charge in [0.1, 0.15) is 0 Å². The lowest BCUT2D eigenvalue weighted by molar-refractivity contribution is 0.0840. The van der Waals surface area contributed by atoms with Crippen LogP contribution in [0.4, 0.5) is 0 Å². The number of furan rings is 1. The fourth-order valence-electron chi connectivity index (χ4n) is 3.02. The van der Waals surface area contributed by atoms with Crippen LogP contribution in [-0.2, 0) is 0 Å². The fraction of sp³-hybridized carbons (Fsp3) is 0.667. The van der Waals surface area contributed by atoms with Gasteiger partial charge in [-0.15, -0.1) is 0 Å². The third-order valence-corrected chi connectivity index (χ3v) is 4.08. The summed E-state index contributed by atoms with van der Waals surface area (Å²) in [5.74, 6) is 2.22. The van der Waals surface area contributed by atoms with Crippen LogP contribution in [0.15, 0.2) is 22.8 Å². The highest BCUT2D eigenvalue weighted by atomic mass is 16.3. The maximum Gasteiger partial charge on any atom is 0.287 e. The summed E-state index contributed by atoms with van der Waals surface area (Å²) in [6.45, 7) is 6.75. The van der Waals surface area contributed by atoms with Crippen LogP contribution in [0.1, 0.15) is 50.6 Å². The van der Waals surface area contributed by atoms with Crippen molar-refractivity contribution >= 4 is 5.91 Å². The van der Waals surface area contributed by atoms with Crippen LogP contribution in [0.3, 0.4) is 0 Å². The highest BCUT2D eigenvalue weighted by Crippen LogP contribution is 2.33. The van der Waals surface area contributed by atoms with Gasteiger partial charge in [0.15, 0.2) is 5.76 Å². The largest absolute Gasteiger partial charge is 0.459 e. The highest BCUT2D eigenvalue weighted by Gasteiger charge is 2.32. The normalized spacial score (nSPS) is 28.3. The summed E-state index contributed by atoms with van der Waals surface area (Å²) in [6, 6.07) is 3.75. The number of carbonyl (C=O) groups excluding carboxylic acids is 1. The predicted molar refractivity (Wildman–Crippen MR) is 71.3 cm³/mol. The van der Waals surface area contributed by atoms with Gasteiger partial charge in [-0.1, -0.05) is 27.2 Å². The summed E-state index contributed by atoms with van der Waals surface area (Å²) < 4.78 is 5.15. The second kappa shape index (κ2) is 5.59. The van der Waals surface area contributed by atoms with Crippen molar-refractivity contribution in [2.24, 2.45) is 17.8 Å². The standard InChI is InChI=1S/C15H23NO2/c1-10(2)12-7-6-11(3)9-13(12)16-15(17)14-5-4-8-18-14/h4-5,8,10-13H,6-7,9H2,1-3H3,(H,16,17)/t11-,12-,13-/m1/s1. The monoisotopic (exact) mass is 249 g/mol. The molecule has 0 spiro atoms. The third kappa shape index (κ3) is 2.95. The van der Waals surface area contributed by atoms with E-state index in [-0.39, 0.29) is 11.9 Å². The van der Waals surface area contributed by atoms with Crippen molar-refractivity contribution < 1.29 is 9.21 Å². The van der Waals surface area contributed by atoms with Gasteiger partial charge in [0.2, 0.25) is 0 Å². The average molecular weight is 249 g/mol. The van der Waals surface area contributed by atoms with Crippen LogP contribution in [0.25, 0.3) is 0 Å². The molecule has 0 aromatic carbocycles. The van der Waals surface area contributed by atoms with Gasteiger partial charge in [0, 0.05) is 6.04 Å². The zero-order chi connectivity index (χ0) is 13.1. The Hall–Kier alpha value is -1.25. The molecule has 1 aromatic rings. The smallest absolute Gasteiger partial charge is 0.287 e. The lowest BCUT2D eigenvalue weighted by Crippen LogP contribution is -2.45. The Morgan fingerprint density at radius 2 is 2.22 bits per heavy atom. The van der Waals surface area contributed by atoms with Gasteiger partial charge >= 0.3 is 0 Å². The lowest BCUT2D eigenvalue weighted by Gasteiger charge is -2.37. The predicted octanol–water partition coefficient (Wildman–Crippen LogP) is 3.47. The van der Waals surface area contributed by atoms with E-state index in [9.17, 15) is 4.79 Å². The van der Waals surface area contributed by atoms with Gasteiger partial charge < -0.3 is 9.73 Å². The van der Waals surface area contributed by atoms with Gasteiger partial charge in [-0.3, -0.25) is 4.79 Å².